The lowest BCUT2D eigenvalue weighted by Gasteiger charge is -2.34. The molecule has 154 valence electrons. The van der Waals surface area contributed by atoms with Crippen LogP contribution in [0.4, 0.5) is 0 Å². The van der Waals surface area contributed by atoms with Gasteiger partial charge in [-0.25, -0.2) is 0 Å². The van der Waals surface area contributed by atoms with Gasteiger partial charge in [0.25, 0.3) is 11.8 Å². The summed E-state index contributed by atoms with van der Waals surface area (Å²) in [5.41, 5.74) is 1.51. The second-order valence-electron chi connectivity index (χ2n) is 7.74. The molecule has 1 aromatic carbocycles. The van der Waals surface area contributed by atoms with Crippen LogP contribution >= 0.6 is 0 Å². The van der Waals surface area contributed by atoms with Crippen LogP contribution in [-0.2, 0) is 4.79 Å². The predicted molar refractivity (Wildman–Crippen MR) is 112 cm³/mol. The third kappa shape index (κ3) is 5.34. The van der Waals surface area contributed by atoms with Gasteiger partial charge in [-0.1, -0.05) is 38.1 Å². The van der Waals surface area contributed by atoms with Crippen LogP contribution in [0.5, 0.6) is 5.75 Å². The zero-order valence-electron chi connectivity index (χ0n) is 17.3. The summed E-state index contributed by atoms with van der Waals surface area (Å²) in [6.07, 6.45) is 2.50. The average molecular weight is 396 g/mol. The zero-order valence-corrected chi connectivity index (χ0v) is 17.3. The summed E-state index contributed by atoms with van der Waals surface area (Å²) in [6, 6.07) is 13.2. The Morgan fingerprint density at radius 2 is 1.76 bits per heavy atom. The first-order chi connectivity index (χ1) is 14.0. The summed E-state index contributed by atoms with van der Waals surface area (Å²) < 4.78 is 6.00. The monoisotopic (exact) mass is 395 g/mol. The van der Waals surface area contributed by atoms with Crippen molar-refractivity contribution < 1.29 is 14.3 Å². The normalized spacial score (nSPS) is 15.8. The van der Waals surface area contributed by atoms with Gasteiger partial charge in [0.05, 0.1) is 0 Å². The van der Waals surface area contributed by atoms with Crippen LogP contribution in [0.15, 0.2) is 48.7 Å². The van der Waals surface area contributed by atoms with Gasteiger partial charge in [0.15, 0.2) is 6.10 Å². The molecule has 1 atom stereocenters. The number of carbonyl (C=O) groups excluding carboxylic acids is 2. The van der Waals surface area contributed by atoms with Gasteiger partial charge in [-0.3, -0.25) is 14.6 Å². The van der Waals surface area contributed by atoms with Crippen LogP contribution < -0.4 is 10.1 Å². The standard InChI is InChI=1S/C23H29N3O3/c1-16(2)19-8-4-5-10-21(19)29-17(3)23(28)26-14-11-18(12-15-26)25-22(27)20-9-6-7-13-24-20/h4-10,13,16-18H,11-12,14-15H2,1-3H3,(H,25,27). The van der Waals surface area contributed by atoms with Crippen molar-refractivity contribution in [2.45, 2.75) is 51.7 Å². The number of hydrogen-bond acceptors (Lipinski definition) is 4. The molecule has 0 aliphatic carbocycles. The Morgan fingerprint density at radius 1 is 1.07 bits per heavy atom. The number of rotatable bonds is 6. The maximum atomic E-state index is 12.8. The topological polar surface area (TPSA) is 71.5 Å². The molecule has 1 fully saturated rings. The maximum Gasteiger partial charge on any atom is 0.270 e. The minimum Gasteiger partial charge on any atom is -0.481 e. The number of nitrogens with one attached hydrogen (secondary N) is 1. The van der Waals surface area contributed by atoms with Crippen LogP contribution in [0.25, 0.3) is 0 Å². The first-order valence-electron chi connectivity index (χ1n) is 10.2. The fraction of sp³-hybridized carbons (Fsp3) is 0.435. The molecule has 2 amide bonds. The molecular weight excluding hydrogens is 366 g/mol. The highest BCUT2D eigenvalue weighted by atomic mass is 16.5. The van der Waals surface area contributed by atoms with Crippen molar-refractivity contribution >= 4 is 11.8 Å². The van der Waals surface area contributed by atoms with E-state index in [2.05, 4.69) is 24.1 Å². The first kappa shape index (κ1) is 20.8. The van der Waals surface area contributed by atoms with E-state index in [-0.39, 0.29) is 17.9 Å². The molecule has 1 saturated heterocycles. The number of aromatic nitrogens is 1. The molecule has 1 N–H and O–H groups in total. The molecule has 2 heterocycles. The summed E-state index contributed by atoms with van der Waals surface area (Å²) in [5.74, 6) is 0.906. The number of benzene rings is 1. The van der Waals surface area contributed by atoms with Gasteiger partial charge >= 0.3 is 0 Å². The summed E-state index contributed by atoms with van der Waals surface area (Å²) in [4.78, 5) is 31.0. The molecule has 0 spiro atoms. The Bertz CT molecular complexity index is 830. The molecule has 6 nitrogen and oxygen atoms in total. The van der Waals surface area contributed by atoms with Crippen molar-refractivity contribution in [1.29, 1.82) is 0 Å². The van der Waals surface area contributed by atoms with Crippen molar-refractivity contribution in [2.75, 3.05) is 13.1 Å². The SMILES string of the molecule is CC(Oc1ccccc1C(C)C)C(=O)N1CCC(NC(=O)c2ccccn2)CC1. The van der Waals surface area contributed by atoms with Gasteiger partial charge in [-0.15, -0.1) is 0 Å². The van der Waals surface area contributed by atoms with Crippen molar-refractivity contribution in [3.05, 3.63) is 59.9 Å². The Kier molecular flexibility index (Phi) is 6.86. The lowest BCUT2D eigenvalue weighted by Crippen LogP contribution is -2.49. The van der Waals surface area contributed by atoms with Gasteiger partial charge in [0, 0.05) is 25.3 Å². The number of para-hydroxylation sites is 1. The summed E-state index contributed by atoms with van der Waals surface area (Å²) in [6.45, 7) is 7.23. The number of hydrogen-bond donors (Lipinski definition) is 1. The van der Waals surface area contributed by atoms with E-state index in [1.807, 2.05) is 29.2 Å². The number of pyridine rings is 1. The van der Waals surface area contributed by atoms with Gasteiger partial charge in [0.2, 0.25) is 0 Å². The molecule has 1 aliphatic rings. The predicted octanol–water partition coefficient (Wildman–Crippen LogP) is 3.39. The van der Waals surface area contributed by atoms with Gasteiger partial charge in [-0.2, -0.15) is 0 Å². The van der Waals surface area contributed by atoms with Crippen LogP contribution in [-0.4, -0.2) is 46.9 Å². The third-order valence-electron chi connectivity index (χ3n) is 5.23. The molecule has 0 bridgehead atoms. The quantitative estimate of drug-likeness (QED) is 0.814. The Morgan fingerprint density at radius 3 is 2.41 bits per heavy atom. The van der Waals surface area contributed by atoms with Gasteiger partial charge in [-0.05, 0) is 49.4 Å². The molecule has 1 aromatic heterocycles. The number of ether oxygens (including phenoxy) is 1. The summed E-state index contributed by atoms with van der Waals surface area (Å²) in [7, 11) is 0. The molecule has 3 rings (SSSR count). The molecule has 29 heavy (non-hydrogen) atoms. The second kappa shape index (κ2) is 9.54. The van der Waals surface area contributed by atoms with E-state index in [1.54, 1.807) is 31.3 Å². The van der Waals surface area contributed by atoms with Crippen LogP contribution in [0.1, 0.15) is 55.6 Å². The number of piperidine rings is 1. The Balaban J connectivity index is 1.51. The molecule has 0 radical (unpaired) electrons. The van der Waals surface area contributed by atoms with Crippen LogP contribution in [0, 0.1) is 0 Å². The molecule has 1 unspecified atom stereocenters. The second-order valence-corrected chi connectivity index (χ2v) is 7.74. The molecule has 0 saturated carbocycles. The lowest BCUT2D eigenvalue weighted by atomic mass is 10.0. The van der Waals surface area contributed by atoms with Crippen molar-refractivity contribution in [3.8, 4) is 5.75 Å². The first-order valence-corrected chi connectivity index (χ1v) is 10.2. The maximum absolute atomic E-state index is 12.8. The smallest absolute Gasteiger partial charge is 0.270 e. The number of nitrogens with zero attached hydrogens (tertiary/aromatic N) is 2. The fourth-order valence-corrected chi connectivity index (χ4v) is 3.56. The number of likely N-dealkylation sites (tertiary alicyclic amines) is 1. The number of amides is 2. The highest BCUT2D eigenvalue weighted by Gasteiger charge is 2.28. The Labute approximate surface area is 172 Å². The third-order valence-corrected chi connectivity index (χ3v) is 5.23. The molecule has 2 aromatic rings. The van der Waals surface area contributed by atoms with E-state index in [4.69, 9.17) is 4.74 Å². The largest absolute Gasteiger partial charge is 0.481 e. The number of carbonyl (C=O) groups is 2. The lowest BCUT2D eigenvalue weighted by molar-refractivity contribution is -0.139. The Hall–Kier alpha value is -2.89. The van der Waals surface area contributed by atoms with Gasteiger partial charge < -0.3 is 15.0 Å². The van der Waals surface area contributed by atoms with Crippen LogP contribution in [0.3, 0.4) is 0 Å². The minimum atomic E-state index is -0.547. The van der Waals surface area contributed by atoms with E-state index < -0.39 is 6.10 Å². The highest BCUT2D eigenvalue weighted by Crippen LogP contribution is 2.27. The fourth-order valence-electron chi connectivity index (χ4n) is 3.56. The zero-order chi connectivity index (χ0) is 20.8. The van der Waals surface area contributed by atoms with Gasteiger partial charge in [0.1, 0.15) is 11.4 Å². The van der Waals surface area contributed by atoms with E-state index in [1.165, 1.54) is 0 Å². The van der Waals surface area contributed by atoms with Crippen molar-refractivity contribution in [3.63, 3.8) is 0 Å². The highest BCUT2D eigenvalue weighted by molar-refractivity contribution is 5.92. The summed E-state index contributed by atoms with van der Waals surface area (Å²) in [5, 5.41) is 3.01. The van der Waals surface area contributed by atoms with E-state index in [9.17, 15) is 9.59 Å². The van der Waals surface area contributed by atoms with E-state index in [0.29, 0.717) is 24.7 Å². The van der Waals surface area contributed by atoms with Crippen molar-refractivity contribution in [2.24, 2.45) is 0 Å². The molecule has 6 heteroatoms. The minimum absolute atomic E-state index is 0.0157. The van der Waals surface area contributed by atoms with Crippen molar-refractivity contribution in [1.82, 2.24) is 15.2 Å². The molecular formula is C23H29N3O3. The van der Waals surface area contributed by atoms with E-state index in [0.717, 1.165) is 24.2 Å². The van der Waals surface area contributed by atoms with Crippen LogP contribution in [0.2, 0.25) is 0 Å². The molecule has 1 aliphatic heterocycles. The van der Waals surface area contributed by atoms with E-state index >= 15 is 0 Å². The average Bonchev–Trinajstić information content (AvgIpc) is 2.74. The summed E-state index contributed by atoms with van der Waals surface area (Å²) >= 11 is 0.